The van der Waals surface area contributed by atoms with E-state index in [2.05, 4.69) is 0 Å². The number of esters is 1. The Kier molecular flexibility index (Phi) is 7.12. The van der Waals surface area contributed by atoms with Gasteiger partial charge in [-0.05, 0) is 75.4 Å². The van der Waals surface area contributed by atoms with Gasteiger partial charge in [0, 0.05) is 10.9 Å². The third kappa shape index (κ3) is 4.70. The molecule has 0 radical (unpaired) electrons. The number of aryl methyl sites for hydroxylation is 1. The van der Waals surface area contributed by atoms with E-state index >= 15 is 0 Å². The Hall–Kier alpha value is -4.11. The lowest BCUT2D eigenvalue weighted by Crippen LogP contribution is -2.37. The van der Waals surface area contributed by atoms with E-state index in [1.807, 2.05) is 6.92 Å². The fourth-order valence-electron chi connectivity index (χ4n) is 3.83. The van der Waals surface area contributed by atoms with Gasteiger partial charge in [-0.3, -0.25) is 4.79 Å². The van der Waals surface area contributed by atoms with Gasteiger partial charge in [-0.1, -0.05) is 18.2 Å². The maximum atomic E-state index is 13.8. The highest BCUT2D eigenvalue weighted by Crippen LogP contribution is 2.33. The Balaban J connectivity index is 1.89. The van der Waals surface area contributed by atoms with Gasteiger partial charge >= 0.3 is 5.97 Å². The number of hydrogen-bond acceptors (Lipinski definition) is 7. The number of nitrogens with zero attached hydrogens (tertiary/aromatic N) is 1. The van der Waals surface area contributed by atoms with Crippen molar-refractivity contribution in [3.8, 4) is 5.75 Å². The van der Waals surface area contributed by atoms with Crippen molar-refractivity contribution >= 4 is 38.6 Å². The molecule has 0 aliphatic rings. The van der Waals surface area contributed by atoms with Crippen LogP contribution < -0.4 is 9.04 Å². The molecule has 8 nitrogen and oxygen atoms in total. The molecule has 9 heteroatoms. The molecule has 0 saturated heterocycles. The van der Waals surface area contributed by atoms with Gasteiger partial charge in [0.1, 0.15) is 22.7 Å². The predicted octanol–water partition coefficient (Wildman–Crippen LogP) is 5.35. The summed E-state index contributed by atoms with van der Waals surface area (Å²) in [6, 6.07) is 18.4. The number of furan rings is 1. The molecule has 1 amide bonds. The van der Waals surface area contributed by atoms with Crippen LogP contribution in [0.5, 0.6) is 5.75 Å². The molecule has 0 bridgehead atoms. The van der Waals surface area contributed by atoms with Gasteiger partial charge in [0.25, 0.3) is 15.9 Å². The van der Waals surface area contributed by atoms with Crippen LogP contribution >= 0.6 is 0 Å². The first-order valence-electron chi connectivity index (χ1n) is 11.4. The van der Waals surface area contributed by atoms with Crippen LogP contribution in [0.1, 0.15) is 40.3 Å². The van der Waals surface area contributed by atoms with Crippen LogP contribution in [-0.2, 0) is 14.8 Å². The van der Waals surface area contributed by atoms with Crippen LogP contribution in [-0.4, -0.2) is 33.5 Å². The van der Waals surface area contributed by atoms with E-state index < -0.39 is 21.9 Å². The van der Waals surface area contributed by atoms with Crippen molar-refractivity contribution < 1.29 is 31.9 Å². The van der Waals surface area contributed by atoms with Crippen molar-refractivity contribution in [3.63, 3.8) is 0 Å². The summed E-state index contributed by atoms with van der Waals surface area (Å²) in [7, 11) is -4.36. The maximum Gasteiger partial charge on any atom is 0.342 e. The summed E-state index contributed by atoms with van der Waals surface area (Å²) >= 11 is 0. The first-order valence-corrected chi connectivity index (χ1v) is 12.8. The van der Waals surface area contributed by atoms with Crippen LogP contribution in [0, 0.1) is 6.92 Å². The lowest BCUT2D eigenvalue weighted by Gasteiger charge is -2.23. The second kappa shape index (κ2) is 10.2. The number of amides is 1. The van der Waals surface area contributed by atoms with Gasteiger partial charge in [0.05, 0.1) is 23.8 Å². The average molecular weight is 508 g/mol. The highest BCUT2D eigenvalue weighted by Gasteiger charge is 2.33. The van der Waals surface area contributed by atoms with E-state index in [0.29, 0.717) is 29.1 Å². The molecule has 4 aromatic rings. The van der Waals surface area contributed by atoms with Crippen molar-refractivity contribution in [1.82, 2.24) is 0 Å². The number of hydrogen-bond donors (Lipinski definition) is 0. The average Bonchev–Trinajstić information content (AvgIpc) is 3.20. The molecule has 0 saturated carbocycles. The molecule has 1 heterocycles. The Morgan fingerprint density at radius 3 is 2.25 bits per heavy atom. The summed E-state index contributed by atoms with van der Waals surface area (Å²) in [5, 5.41) is 0.344. The molecule has 0 atom stereocenters. The zero-order valence-electron chi connectivity index (χ0n) is 20.1. The molecule has 0 aliphatic heterocycles. The van der Waals surface area contributed by atoms with Crippen molar-refractivity contribution in [2.24, 2.45) is 0 Å². The van der Waals surface area contributed by atoms with Gasteiger partial charge in [0.15, 0.2) is 0 Å². The molecule has 3 aromatic carbocycles. The number of anilines is 1. The molecule has 0 N–H and O–H groups in total. The minimum atomic E-state index is -4.36. The lowest BCUT2D eigenvalue weighted by molar-refractivity contribution is 0.0526. The fourth-order valence-corrected chi connectivity index (χ4v) is 5.24. The van der Waals surface area contributed by atoms with E-state index in [9.17, 15) is 18.0 Å². The SMILES string of the molecule is CCOC(=O)c1c(C)oc2ccc(N(C(=O)c3ccccc3)S(=O)(=O)c3ccc(OCC)cc3)cc12. The highest BCUT2D eigenvalue weighted by atomic mass is 32.2. The topological polar surface area (TPSA) is 103 Å². The van der Waals surface area contributed by atoms with Crippen molar-refractivity contribution in [1.29, 1.82) is 0 Å². The summed E-state index contributed by atoms with van der Waals surface area (Å²) in [6.07, 6.45) is 0. The number of ether oxygens (including phenoxy) is 2. The molecule has 0 aliphatic carbocycles. The van der Waals surface area contributed by atoms with Gasteiger partial charge < -0.3 is 13.9 Å². The lowest BCUT2D eigenvalue weighted by atomic mass is 10.1. The van der Waals surface area contributed by atoms with E-state index in [-0.39, 0.29) is 28.3 Å². The third-order valence-electron chi connectivity index (χ3n) is 5.44. The van der Waals surface area contributed by atoms with Crippen molar-refractivity contribution in [2.75, 3.05) is 17.5 Å². The summed E-state index contributed by atoms with van der Waals surface area (Å²) in [5.74, 6) is -0.509. The highest BCUT2D eigenvalue weighted by molar-refractivity contribution is 7.93. The van der Waals surface area contributed by atoms with Gasteiger partial charge in [-0.15, -0.1) is 0 Å². The zero-order chi connectivity index (χ0) is 25.9. The molecular formula is C27H25NO7S. The quantitative estimate of drug-likeness (QED) is 0.296. The zero-order valence-corrected chi connectivity index (χ0v) is 20.9. The fraction of sp³-hybridized carbons (Fsp3) is 0.185. The van der Waals surface area contributed by atoms with E-state index in [1.54, 1.807) is 32.0 Å². The third-order valence-corrected chi connectivity index (χ3v) is 7.17. The van der Waals surface area contributed by atoms with Crippen LogP contribution in [0.3, 0.4) is 0 Å². The Morgan fingerprint density at radius 1 is 0.917 bits per heavy atom. The molecule has 0 spiro atoms. The van der Waals surface area contributed by atoms with Crippen molar-refractivity contribution in [2.45, 2.75) is 25.7 Å². The number of fused-ring (bicyclic) bond motifs is 1. The first kappa shape index (κ1) is 25.0. The minimum absolute atomic E-state index is 0.0524. The number of benzene rings is 3. The second-order valence-corrected chi connectivity index (χ2v) is 9.57. The maximum absolute atomic E-state index is 13.8. The predicted molar refractivity (Wildman–Crippen MR) is 135 cm³/mol. The molecule has 4 rings (SSSR count). The number of rotatable bonds is 8. The Morgan fingerprint density at radius 2 is 1.61 bits per heavy atom. The monoisotopic (exact) mass is 507 g/mol. The molecule has 0 fully saturated rings. The van der Waals surface area contributed by atoms with Gasteiger partial charge in [0.2, 0.25) is 0 Å². The number of carbonyl (C=O) groups is 2. The van der Waals surface area contributed by atoms with Crippen LogP contribution in [0.15, 0.2) is 82.1 Å². The summed E-state index contributed by atoms with van der Waals surface area (Å²) in [4.78, 5) is 26.1. The van der Waals surface area contributed by atoms with Crippen LogP contribution in [0.4, 0.5) is 5.69 Å². The van der Waals surface area contributed by atoms with E-state index in [1.165, 1.54) is 54.6 Å². The first-order chi connectivity index (χ1) is 17.3. The number of carbonyl (C=O) groups excluding carboxylic acids is 2. The smallest absolute Gasteiger partial charge is 0.342 e. The van der Waals surface area contributed by atoms with E-state index in [0.717, 1.165) is 4.31 Å². The van der Waals surface area contributed by atoms with Gasteiger partial charge in [-0.2, -0.15) is 4.31 Å². The summed E-state index contributed by atoms with van der Waals surface area (Å²) in [6.45, 7) is 5.72. The molecular weight excluding hydrogens is 482 g/mol. The standard InChI is InChI=1S/C27H25NO7S/c1-4-33-21-12-14-22(15-13-21)36(31,32)28(26(29)19-9-7-6-8-10-19)20-11-16-24-23(17-20)25(18(3)35-24)27(30)34-5-2/h6-17H,4-5H2,1-3H3. The van der Waals surface area contributed by atoms with E-state index in [4.69, 9.17) is 13.9 Å². The normalized spacial score (nSPS) is 11.3. The second-order valence-electron chi connectivity index (χ2n) is 7.78. The summed E-state index contributed by atoms with van der Waals surface area (Å²) in [5.41, 5.74) is 0.779. The molecule has 36 heavy (non-hydrogen) atoms. The number of sulfonamides is 1. The molecule has 186 valence electrons. The summed E-state index contributed by atoms with van der Waals surface area (Å²) < 4.78 is 44.6. The van der Waals surface area contributed by atoms with Crippen molar-refractivity contribution in [3.05, 3.63) is 89.7 Å². The largest absolute Gasteiger partial charge is 0.494 e. The Labute approximate surface area is 209 Å². The van der Waals surface area contributed by atoms with Crippen LogP contribution in [0.2, 0.25) is 0 Å². The van der Waals surface area contributed by atoms with Crippen LogP contribution in [0.25, 0.3) is 11.0 Å². The minimum Gasteiger partial charge on any atom is -0.494 e. The Bertz CT molecular complexity index is 1510. The molecule has 1 aromatic heterocycles. The molecule has 0 unspecified atom stereocenters. The van der Waals surface area contributed by atoms with Gasteiger partial charge in [-0.25, -0.2) is 13.2 Å².